The lowest BCUT2D eigenvalue weighted by molar-refractivity contribution is -0.174. The van der Waals surface area contributed by atoms with Gasteiger partial charge >= 0.3 is 6.18 Å². The molecule has 0 spiro atoms. The molecule has 1 N–H and O–H groups in total. The molecule has 0 unspecified atom stereocenters. The second-order valence-corrected chi connectivity index (χ2v) is 5.41. The van der Waals surface area contributed by atoms with Gasteiger partial charge in [-0.05, 0) is 24.5 Å². The van der Waals surface area contributed by atoms with E-state index in [1.807, 2.05) is 32.9 Å². The van der Waals surface area contributed by atoms with Crippen molar-refractivity contribution in [2.75, 3.05) is 13.2 Å². The molecule has 1 rings (SSSR count). The van der Waals surface area contributed by atoms with Gasteiger partial charge in [0.2, 0.25) is 5.91 Å². The zero-order chi connectivity index (χ0) is 16.8. The quantitative estimate of drug-likeness (QED) is 0.786. The van der Waals surface area contributed by atoms with E-state index < -0.39 is 12.8 Å². The largest absolute Gasteiger partial charge is 0.411 e. The van der Waals surface area contributed by atoms with Crippen LogP contribution in [0.5, 0.6) is 0 Å². The molecule has 0 aliphatic rings. The maximum atomic E-state index is 11.9. The van der Waals surface area contributed by atoms with Crippen LogP contribution >= 0.6 is 0 Å². The number of halogens is 3. The van der Waals surface area contributed by atoms with Crippen molar-refractivity contribution >= 4 is 5.91 Å². The van der Waals surface area contributed by atoms with Gasteiger partial charge in [-0.1, -0.05) is 19.9 Å². The van der Waals surface area contributed by atoms with Gasteiger partial charge in [-0.25, -0.2) is 0 Å². The highest BCUT2D eigenvalue weighted by Crippen LogP contribution is 2.22. The fraction of sp³-hybridized carbons (Fsp3) is 0.600. The van der Waals surface area contributed by atoms with Crippen molar-refractivity contribution in [3.63, 3.8) is 0 Å². The molecule has 0 radical (unpaired) electrons. The summed E-state index contributed by atoms with van der Waals surface area (Å²) in [7, 11) is 0. The summed E-state index contributed by atoms with van der Waals surface area (Å²) >= 11 is 0. The van der Waals surface area contributed by atoms with E-state index in [1.165, 1.54) is 0 Å². The molecule has 0 saturated carbocycles. The molecule has 22 heavy (non-hydrogen) atoms. The molecule has 1 aromatic heterocycles. The van der Waals surface area contributed by atoms with Crippen LogP contribution in [0.3, 0.4) is 0 Å². The van der Waals surface area contributed by atoms with Crippen molar-refractivity contribution in [1.82, 2.24) is 10.3 Å². The summed E-state index contributed by atoms with van der Waals surface area (Å²) in [6.07, 6.45) is -2.84. The number of nitrogens with zero attached hydrogens (tertiary/aromatic N) is 1. The highest BCUT2D eigenvalue weighted by Gasteiger charge is 2.27. The molecule has 7 heteroatoms. The zero-order valence-electron chi connectivity index (χ0n) is 12.9. The van der Waals surface area contributed by atoms with E-state index in [9.17, 15) is 18.0 Å². The van der Waals surface area contributed by atoms with Crippen LogP contribution in [0.25, 0.3) is 0 Å². The van der Waals surface area contributed by atoms with Gasteiger partial charge in [-0.3, -0.25) is 9.78 Å². The Hall–Kier alpha value is -1.63. The van der Waals surface area contributed by atoms with E-state index in [2.05, 4.69) is 15.0 Å². The minimum atomic E-state index is -4.37. The Morgan fingerprint density at radius 2 is 2.09 bits per heavy atom. The SMILES string of the molecule is Cc1cccnc1[C@@H](NC(=O)CCOCC(F)(F)F)C(C)C. The van der Waals surface area contributed by atoms with Gasteiger partial charge in [0, 0.05) is 12.6 Å². The summed E-state index contributed by atoms with van der Waals surface area (Å²) in [5, 5.41) is 2.81. The number of rotatable bonds is 7. The third-order valence-electron chi connectivity index (χ3n) is 3.07. The van der Waals surface area contributed by atoms with E-state index in [-0.39, 0.29) is 30.9 Å². The highest BCUT2D eigenvalue weighted by atomic mass is 19.4. The molecule has 0 aliphatic carbocycles. The number of alkyl halides is 3. The maximum Gasteiger partial charge on any atom is 0.411 e. The van der Waals surface area contributed by atoms with Crippen molar-refractivity contribution in [2.24, 2.45) is 5.92 Å². The number of amides is 1. The summed E-state index contributed by atoms with van der Waals surface area (Å²) in [6, 6.07) is 3.43. The average Bonchev–Trinajstić information content (AvgIpc) is 2.41. The van der Waals surface area contributed by atoms with Crippen LogP contribution in [0.1, 0.15) is 37.6 Å². The Morgan fingerprint density at radius 1 is 1.41 bits per heavy atom. The summed E-state index contributed by atoms with van der Waals surface area (Å²) in [6.45, 7) is 4.18. The van der Waals surface area contributed by atoms with Crippen LogP contribution < -0.4 is 5.32 Å². The predicted octanol–water partition coefficient (Wildman–Crippen LogP) is 3.17. The third-order valence-corrected chi connectivity index (χ3v) is 3.07. The lowest BCUT2D eigenvalue weighted by Gasteiger charge is -2.23. The van der Waals surface area contributed by atoms with Crippen LogP contribution in [0.4, 0.5) is 13.2 Å². The Kier molecular flexibility index (Phi) is 6.80. The van der Waals surface area contributed by atoms with Crippen LogP contribution in [-0.4, -0.2) is 30.3 Å². The number of carbonyl (C=O) groups excluding carboxylic acids is 1. The molecule has 0 bridgehead atoms. The van der Waals surface area contributed by atoms with Crippen molar-refractivity contribution in [3.8, 4) is 0 Å². The van der Waals surface area contributed by atoms with E-state index in [4.69, 9.17) is 0 Å². The molecular weight excluding hydrogens is 297 g/mol. The fourth-order valence-electron chi connectivity index (χ4n) is 1.97. The second-order valence-electron chi connectivity index (χ2n) is 5.41. The molecule has 1 aromatic rings. The van der Waals surface area contributed by atoms with Gasteiger partial charge in [0.25, 0.3) is 0 Å². The number of nitrogens with one attached hydrogen (secondary N) is 1. The molecule has 1 amide bonds. The number of ether oxygens (including phenoxy) is 1. The minimum Gasteiger partial charge on any atom is -0.372 e. The van der Waals surface area contributed by atoms with Crippen molar-refractivity contribution in [1.29, 1.82) is 0 Å². The number of aromatic nitrogens is 1. The predicted molar refractivity (Wildman–Crippen MR) is 76.2 cm³/mol. The lowest BCUT2D eigenvalue weighted by atomic mass is 9.97. The van der Waals surface area contributed by atoms with Crippen LogP contribution in [0.2, 0.25) is 0 Å². The number of hydrogen-bond acceptors (Lipinski definition) is 3. The summed E-state index contributed by atoms with van der Waals surface area (Å²) < 4.78 is 40.2. The molecule has 4 nitrogen and oxygen atoms in total. The van der Waals surface area contributed by atoms with Gasteiger partial charge in [0.05, 0.1) is 18.3 Å². The number of pyridine rings is 1. The highest BCUT2D eigenvalue weighted by molar-refractivity contribution is 5.76. The number of aryl methyl sites for hydroxylation is 1. The average molecular weight is 318 g/mol. The fourth-order valence-corrected chi connectivity index (χ4v) is 1.97. The molecule has 0 saturated heterocycles. The van der Waals surface area contributed by atoms with Crippen LogP contribution in [0, 0.1) is 12.8 Å². The molecule has 0 aliphatic heterocycles. The van der Waals surface area contributed by atoms with Crippen molar-refractivity contribution < 1.29 is 22.7 Å². The molecule has 1 heterocycles. The topological polar surface area (TPSA) is 51.2 Å². The smallest absolute Gasteiger partial charge is 0.372 e. The Bertz CT molecular complexity index is 490. The van der Waals surface area contributed by atoms with Gasteiger partial charge < -0.3 is 10.1 Å². The normalized spacial score (nSPS) is 13.2. The van der Waals surface area contributed by atoms with Crippen molar-refractivity contribution in [2.45, 2.75) is 39.4 Å². The standard InChI is InChI=1S/C15H21F3N2O2/c1-10(2)13(14-11(3)5-4-7-19-14)20-12(21)6-8-22-9-15(16,17)18/h4-5,7,10,13H,6,8-9H2,1-3H3,(H,20,21)/t13-/m0/s1. The Morgan fingerprint density at radius 3 is 2.64 bits per heavy atom. The summed E-state index contributed by atoms with van der Waals surface area (Å²) in [5.41, 5.74) is 1.72. The molecule has 0 aromatic carbocycles. The first-order valence-corrected chi connectivity index (χ1v) is 7.06. The van der Waals surface area contributed by atoms with E-state index in [1.54, 1.807) is 6.20 Å². The number of hydrogen-bond donors (Lipinski definition) is 1. The summed E-state index contributed by atoms with van der Waals surface area (Å²) in [5.74, 6) is -0.250. The molecular formula is C15H21F3N2O2. The Balaban J connectivity index is 2.54. The minimum absolute atomic E-state index is 0.105. The molecule has 1 atom stereocenters. The molecule has 124 valence electrons. The van der Waals surface area contributed by atoms with Crippen molar-refractivity contribution in [3.05, 3.63) is 29.6 Å². The van der Waals surface area contributed by atoms with Gasteiger partial charge in [-0.2, -0.15) is 13.2 Å². The van der Waals surface area contributed by atoms with E-state index in [0.29, 0.717) is 0 Å². The Labute approximate surface area is 128 Å². The first-order valence-electron chi connectivity index (χ1n) is 7.06. The van der Waals surface area contributed by atoms with Gasteiger partial charge in [-0.15, -0.1) is 0 Å². The van der Waals surface area contributed by atoms with Crippen LogP contribution in [-0.2, 0) is 9.53 Å². The first kappa shape index (κ1) is 18.4. The number of carbonyl (C=O) groups is 1. The van der Waals surface area contributed by atoms with Crippen LogP contribution in [0.15, 0.2) is 18.3 Å². The second kappa shape index (κ2) is 8.12. The zero-order valence-corrected chi connectivity index (χ0v) is 12.9. The lowest BCUT2D eigenvalue weighted by Crippen LogP contribution is -2.33. The van der Waals surface area contributed by atoms with Gasteiger partial charge in [0.15, 0.2) is 0 Å². The van der Waals surface area contributed by atoms with Gasteiger partial charge in [0.1, 0.15) is 6.61 Å². The maximum absolute atomic E-state index is 11.9. The monoisotopic (exact) mass is 318 g/mol. The van der Waals surface area contributed by atoms with E-state index in [0.717, 1.165) is 11.3 Å². The molecule has 0 fully saturated rings. The third kappa shape index (κ3) is 6.43. The first-order chi connectivity index (χ1) is 10.2. The summed E-state index contributed by atoms with van der Waals surface area (Å²) in [4.78, 5) is 16.2. The van der Waals surface area contributed by atoms with E-state index >= 15 is 0 Å².